The van der Waals surface area contributed by atoms with Crippen molar-refractivity contribution in [2.24, 2.45) is 0 Å². The highest BCUT2D eigenvalue weighted by molar-refractivity contribution is 6.01. The van der Waals surface area contributed by atoms with E-state index in [1.807, 2.05) is 6.07 Å². The number of nitrogens with one attached hydrogen (secondary N) is 1. The van der Waals surface area contributed by atoms with Crippen molar-refractivity contribution >= 4 is 5.78 Å². The van der Waals surface area contributed by atoms with Gasteiger partial charge >= 0.3 is 5.69 Å². The highest BCUT2D eigenvalue weighted by atomic mass is 16.5. The van der Waals surface area contributed by atoms with E-state index in [1.54, 1.807) is 25.1 Å². The van der Waals surface area contributed by atoms with Crippen LogP contribution in [0, 0.1) is 6.92 Å². The minimum absolute atomic E-state index is 0.151. The average Bonchev–Trinajstić information content (AvgIpc) is 2.37. The number of ketones is 1. The van der Waals surface area contributed by atoms with Crippen LogP contribution in [0.25, 0.3) is 11.3 Å². The highest BCUT2D eigenvalue weighted by Crippen LogP contribution is 2.30. The number of hydrogen-bond donors (Lipinski definition) is 1. The molecule has 1 aromatic heterocycles. The molecule has 2 aromatic rings. The summed E-state index contributed by atoms with van der Waals surface area (Å²) in [6, 6.07) is 7.15. The number of para-hydroxylation sites is 1. The Balaban J connectivity index is 2.81. The zero-order valence-electron chi connectivity index (χ0n) is 11.0. The molecule has 0 saturated heterocycles. The second-order valence-electron chi connectivity index (χ2n) is 4.15. The van der Waals surface area contributed by atoms with Crippen molar-refractivity contribution < 1.29 is 9.53 Å². The fraction of sp³-hybridized carbons (Fsp3) is 0.214. The predicted octanol–water partition coefficient (Wildman–Crippen LogP) is 1.96. The van der Waals surface area contributed by atoms with Crippen LogP contribution in [0.2, 0.25) is 0 Å². The second kappa shape index (κ2) is 5.06. The quantitative estimate of drug-likeness (QED) is 0.854. The Labute approximate surface area is 110 Å². The Kier molecular flexibility index (Phi) is 3.46. The molecule has 1 heterocycles. The Morgan fingerprint density at radius 1 is 1.32 bits per heavy atom. The van der Waals surface area contributed by atoms with Crippen molar-refractivity contribution in [3.63, 3.8) is 0 Å². The van der Waals surface area contributed by atoms with Gasteiger partial charge in [0.15, 0.2) is 5.78 Å². The number of methoxy groups -OCH3 is 1. The van der Waals surface area contributed by atoms with Crippen molar-refractivity contribution in [1.82, 2.24) is 9.97 Å². The third-order valence-corrected chi connectivity index (χ3v) is 2.83. The van der Waals surface area contributed by atoms with Crippen LogP contribution in [0.4, 0.5) is 0 Å². The number of carbonyl (C=O) groups is 1. The third-order valence-electron chi connectivity index (χ3n) is 2.83. The Morgan fingerprint density at radius 3 is 2.63 bits per heavy atom. The summed E-state index contributed by atoms with van der Waals surface area (Å²) in [7, 11) is 1.53. The monoisotopic (exact) mass is 258 g/mol. The SMILES string of the molecule is COc1ccccc1-c1nc(=O)[nH]c(C)c1C(C)=O. The molecule has 1 N–H and O–H groups in total. The summed E-state index contributed by atoms with van der Waals surface area (Å²) in [5, 5.41) is 0. The van der Waals surface area contributed by atoms with Crippen LogP contribution in [0.1, 0.15) is 23.0 Å². The molecule has 0 aliphatic carbocycles. The van der Waals surface area contributed by atoms with E-state index in [0.717, 1.165) is 0 Å². The molecule has 0 spiro atoms. The number of aryl methyl sites for hydroxylation is 1. The molecule has 98 valence electrons. The molecule has 0 bridgehead atoms. The summed E-state index contributed by atoms with van der Waals surface area (Å²) >= 11 is 0. The lowest BCUT2D eigenvalue weighted by Gasteiger charge is -2.11. The smallest absolute Gasteiger partial charge is 0.345 e. The van der Waals surface area contributed by atoms with E-state index in [-0.39, 0.29) is 5.78 Å². The third kappa shape index (κ3) is 2.40. The fourth-order valence-corrected chi connectivity index (χ4v) is 2.05. The number of rotatable bonds is 3. The average molecular weight is 258 g/mol. The van der Waals surface area contributed by atoms with Gasteiger partial charge in [0.2, 0.25) is 0 Å². The van der Waals surface area contributed by atoms with E-state index in [2.05, 4.69) is 9.97 Å². The van der Waals surface area contributed by atoms with Gasteiger partial charge in [-0.15, -0.1) is 0 Å². The zero-order chi connectivity index (χ0) is 14.0. The van der Waals surface area contributed by atoms with E-state index in [4.69, 9.17) is 4.74 Å². The number of Topliss-reactive ketones (excluding diaryl/α,β-unsaturated/α-hetero) is 1. The van der Waals surface area contributed by atoms with Gasteiger partial charge < -0.3 is 9.72 Å². The van der Waals surface area contributed by atoms with Crippen LogP contribution in [-0.4, -0.2) is 22.9 Å². The Bertz CT molecular complexity index is 689. The second-order valence-corrected chi connectivity index (χ2v) is 4.15. The van der Waals surface area contributed by atoms with Crippen molar-refractivity contribution in [2.75, 3.05) is 7.11 Å². The summed E-state index contributed by atoms with van der Waals surface area (Å²) in [5.41, 5.74) is 1.41. The molecule has 0 amide bonds. The molecule has 0 aliphatic rings. The summed E-state index contributed by atoms with van der Waals surface area (Å²) in [6.07, 6.45) is 0. The number of nitrogens with zero attached hydrogens (tertiary/aromatic N) is 1. The van der Waals surface area contributed by atoms with Gasteiger partial charge in [-0.3, -0.25) is 4.79 Å². The molecule has 0 radical (unpaired) electrons. The summed E-state index contributed by atoms with van der Waals surface area (Å²) in [6.45, 7) is 3.12. The Morgan fingerprint density at radius 2 is 2.00 bits per heavy atom. The minimum Gasteiger partial charge on any atom is -0.496 e. The first-order valence-electron chi connectivity index (χ1n) is 5.80. The van der Waals surface area contributed by atoms with Crippen molar-refractivity contribution in [2.45, 2.75) is 13.8 Å². The van der Waals surface area contributed by atoms with Crippen LogP contribution >= 0.6 is 0 Å². The minimum atomic E-state index is -0.483. The molecule has 5 heteroatoms. The number of aromatic nitrogens is 2. The van der Waals surface area contributed by atoms with Gasteiger partial charge in [-0.1, -0.05) is 12.1 Å². The number of ether oxygens (including phenoxy) is 1. The number of aromatic amines is 1. The molecule has 0 atom stereocenters. The Hall–Kier alpha value is -2.43. The lowest BCUT2D eigenvalue weighted by Crippen LogP contribution is -2.17. The molecule has 19 heavy (non-hydrogen) atoms. The van der Waals surface area contributed by atoms with Crippen LogP contribution < -0.4 is 10.4 Å². The molecule has 5 nitrogen and oxygen atoms in total. The molecule has 2 rings (SSSR count). The predicted molar refractivity (Wildman–Crippen MR) is 71.6 cm³/mol. The van der Waals surface area contributed by atoms with Gasteiger partial charge in [0.1, 0.15) is 5.75 Å². The van der Waals surface area contributed by atoms with E-state index < -0.39 is 5.69 Å². The first-order chi connectivity index (χ1) is 9.04. The van der Waals surface area contributed by atoms with Crippen molar-refractivity contribution in [3.05, 3.63) is 46.0 Å². The van der Waals surface area contributed by atoms with Gasteiger partial charge in [-0.05, 0) is 26.0 Å². The first kappa shape index (κ1) is 13.0. The largest absolute Gasteiger partial charge is 0.496 e. The van der Waals surface area contributed by atoms with Gasteiger partial charge in [-0.2, -0.15) is 4.98 Å². The van der Waals surface area contributed by atoms with E-state index >= 15 is 0 Å². The fourth-order valence-electron chi connectivity index (χ4n) is 2.05. The van der Waals surface area contributed by atoms with Crippen LogP contribution in [0.3, 0.4) is 0 Å². The van der Waals surface area contributed by atoms with Gasteiger partial charge in [-0.25, -0.2) is 4.79 Å². The molecule has 1 aromatic carbocycles. The zero-order valence-corrected chi connectivity index (χ0v) is 11.0. The van der Waals surface area contributed by atoms with Crippen LogP contribution in [-0.2, 0) is 0 Å². The van der Waals surface area contributed by atoms with E-state index in [9.17, 15) is 9.59 Å². The molecule has 0 saturated carbocycles. The van der Waals surface area contributed by atoms with Crippen molar-refractivity contribution in [1.29, 1.82) is 0 Å². The lowest BCUT2D eigenvalue weighted by molar-refractivity contribution is 0.101. The maximum absolute atomic E-state index is 11.8. The summed E-state index contributed by atoms with van der Waals surface area (Å²) in [5.74, 6) is 0.421. The van der Waals surface area contributed by atoms with E-state index in [0.29, 0.717) is 28.3 Å². The van der Waals surface area contributed by atoms with Gasteiger partial charge in [0, 0.05) is 11.3 Å². The number of hydrogen-bond acceptors (Lipinski definition) is 4. The van der Waals surface area contributed by atoms with E-state index in [1.165, 1.54) is 14.0 Å². The normalized spacial score (nSPS) is 10.3. The van der Waals surface area contributed by atoms with Gasteiger partial charge in [0.25, 0.3) is 0 Å². The molecule has 0 aliphatic heterocycles. The summed E-state index contributed by atoms with van der Waals surface area (Å²) in [4.78, 5) is 29.8. The molecular weight excluding hydrogens is 244 g/mol. The number of carbonyl (C=O) groups excluding carboxylic acids is 1. The first-order valence-corrected chi connectivity index (χ1v) is 5.80. The van der Waals surface area contributed by atoms with Crippen molar-refractivity contribution in [3.8, 4) is 17.0 Å². The van der Waals surface area contributed by atoms with Gasteiger partial charge in [0.05, 0.1) is 18.4 Å². The topological polar surface area (TPSA) is 72.0 Å². The molecule has 0 fully saturated rings. The molecule has 0 unspecified atom stereocenters. The maximum Gasteiger partial charge on any atom is 0.345 e. The highest BCUT2D eigenvalue weighted by Gasteiger charge is 2.18. The maximum atomic E-state index is 11.8. The van der Waals surface area contributed by atoms with Crippen LogP contribution in [0.5, 0.6) is 5.75 Å². The standard InChI is InChI=1S/C14H14N2O3/c1-8-12(9(2)17)13(16-14(18)15-8)10-6-4-5-7-11(10)19-3/h4-7H,1-3H3,(H,15,16,18). The molecular formula is C14H14N2O3. The van der Waals surface area contributed by atoms with Crippen LogP contribution in [0.15, 0.2) is 29.1 Å². The number of H-pyrrole nitrogens is 1. The number of benzene rings is 1. The lowest BCUT2D eigenvalue weighted by atomic mass is 10.0. The summed E-state index contributed by atoms with van der Waals surface area (Å²) < 4.78 is 5.25.